The summed E-state index contributed by atoms with van der Waals surface area (Å²) in [6.45, 7) is 4.09. The van der Waals surface area contributed by atoms with E-state index in [-0.39, 0.29) is 5.78 Å². The molecular weight excluding hydrogens is 226 g/mol. The number of aryl methyl sites for hydroxylation is 1. The van der Waals surface area contributed by atoms with Gasteiger partial charge in [0.25, 0.3) is 0 Å². The van der Waals surface area contributed by atoms with Crippen molar-refractivity contribution in [3.63, 3.8) is 0 Å². The summed E-state index contributed by atoms with van der Waals surface area (Å²) in [5.74, 6) is 0.813. The lowest BCUT2D eigenvalue weighted by molar-refractivity contribution is 0.0960. The van der Waals surface area contributed by atoms with Crippen molar-refractivity contribution in [3.05, 3.63) is 18.2 Å². The van der Waals surface area contributed by atoms with Crippen molar-refractivity contribution in [1.82, 2.24) is 14.9 Å². The Morgan fingerprint density at radius 1 is 1.56 bits per heavy atom. The molecule has 0 radical (unpaired) electrons. The van der Waals surface area contributed by atoms with Crippen molar-refractivity contribution in [2.75, 3.05) is 6.54 Å². The summed E-state index contributed by atoms with van der Waals surface area (Å²) in [4.78, 5) is 16.3. The molecule has 1 aliphatic rings. The second kappa shape index (κ2) is 6.69. The quantitative estimate of drug-likeness (QED) is 0.787. The molecule has 1 unspecified atom stereocenters. The van der Waals surface area contributed by atoms with Crippen molar-refractivity contribution in [2.24, 2.45) is 0 Å². The third-order valence-corrected chi connectivity index (χ3v) is 3.56. The number of carbonyl (C=O) groups excluding carboxylic acids is 1. The van der Waals surface area contributed by atoms with Crippen LogP contribution in [0, 0.1) is 0 Å². The van der Waals surface area contributed by atoms with Crippen LogP contribution in [0.25, 0.3) is 0 Å². The van der Waals surface area contributed by atoms with Gasteiger partial charge in [0.15, 0.2) is 11.6 Å². The second-order valence-corrected chi connectivity index (χ2v) is 5.05. The van der Waals surface area contributed by atoms with Crippen LogP contribution in [-0.2, 0) is 6.54 Å². The van der Waals surface area contributed by atoms with Crippen LogP contribution in [0.5, 0.6) is 0 Å². The highest BCUT2D eigenvalue weighted by Crippen LogP contribution is 2.13. The minimum Gasteiger partial charge on any atom is -0.329 e. The Morgan fingerprint density at radius 2 is 2.44 bits per heavy atom. The van der Waals surface area contributed by atoms with Crippen LogP contribution >= 0.6 is 0 Å². The Hall–Kier alpha value is -1.16. The van der Waals surface area contributed by atoms with Crippen molar-refractivity contribution in [1.29, 1.82) is 0 Å². The van der Waals surface area contributed by atoms with Gasteiger partial charge >= 0.3 is 0 Å². The molecule has 0 bridgehead atoms. The van der Waals surface area contributed by atoms with E-state index in [1.54, 1.807) is 6.20 Å². The average molecular weight is 249 g/mol. The van der Waals surface area contributed by atoms with Gasteiger partial charge in [-0.2, -0.15) is 0 Å². The first kappa shape index (κ1) is 13.3. The SMILES string of the molecule is CCCn1ccnc1C(=O)CCC1CCCCN1. The second-order valence-electron chi connectivity index (χ2n) is 5.05. The third kappa shape index (κ3) is 3.42. The van der Waals surface area contributed by atoms with Crippen LogP contribution < -0.4 is 5.32 Å². The number of nitrogens with one attached hydrogen (secondary N) is 1. The molecule has 1 aromatic rings. The minimum atomic E-state index is 0.181. The molecule has 2 heterocycles. The smallest absolute Gasteiger partial charge is 0.198 e. The minimum absolute atomic E-state index is 0.181. The normalized spacial score (nSPS) is 19.9. The van der Waals surface area contributed by atoms with Gasteiger partial charge in [-0.1, -0.05) is 13.3 Å². The molecule has 4 heteroatoms. The molecule has 1 saturated heterocycles. The number of hydrogen-bond donors (Lipinski definition) is 1. The summed E-state index contributed by atoms with van der Waals surface area (Å²) in [6, 6.07) is 0.525. The number of ketones is 1. The van der Waals surface area contributed by atoms with E-state index in [4.69, 9.17) is 0 Å². The van der Waals surface area contributed by atoms with Crippen LogP contribution in [0.15, 0.2) is 12.4 Å². The number of rotatable bonds is 6. The third-order valence-electron chi connectivity index (χ3n) is 3.56. The van der Waals surface area contributed by atoms with Crippen molar-refractivity contribution < 1.29 is 4.79 Å². The lowest BCUT2D eigenvalue weighted by Gasteiger charge is -2.22. The maximum atomic E-state index is 12.1. The number of carbonyl (C=O) groups is 1. The number of aromatic nitrogens is 2. The average Bonchev–Trinajstić information content (AvgIpc) is 2.86. The van der Waals surface area contributed by atoms with Gasteiger partial charge in [-0.05, 0) is 32.2 Å². The van der Waals surface area contributed by atoms with E-state index in [9.17, 15) is 4.79 Å². The molecule has 1 fully saturated rings. The molecule has 1 atom stereocenters. The van der Waals surface area contributed by atoms with Crippen LogP contribution in [0.2, 0.25) is 0 Å². The lowest BCUT2D eigenvalue weighted by atomic mass is 9.99. The van der Waals surface area contributed by atoms with Gasteiger partial charge in [0.1, 0.15) is 0 Å². The Bertz CT molecular complexity index is 380. The van der Waals surface area contributed by atoms with Crippen LogP contribution in [0.3, 0.4) is 0 Å². The monoisotopic (exact) mass is 249 g/mol. The molecule has 0 spiro atoms. The van der Waals surface area contributed by atoms with E-state index in [1.807, 2.05) is 10.8 Å². The molecular formula is C14H23N3O. The maximum Gasteiger partial charge on any atom is 0.198 e. The van der Waals surface area contributed by atoms with E-state index < -0.39 is 0 Å². The fourth-order valence-corrected chi connectivity index (χ4v) is 2.57. The predicted molar refractivity (Wildman–Crippen MR) is 71.7 cm³/mol. The largest absolute Gasteiger partial charge is 0.329 e. The molecule has 0 aliphatic carbocycles. The van der Waals surface area contributed by atoms with Crippen molar-refractivity contribution in [2.45, 2.75) is 58.0 Å². The van der Waals surface area contributed by atoms with Crippen LogP contribution in [0.4, 0.5) is 0 Å². The van der Waals surface area contributed by atoms with Crippen LogP contribution in [0.1, 0.15) is 56.1 Å². The van der Waals surface area contributed by atoms with Crippen molar-refractivity contribution in [3.8, 4) is 0 Å². The first-order chi connectivity index (χ1) is 8.81. The number of hydrogen-bond acceptors (Lipinski definition) is 3. The predicted octanol–water partition coefficient (Wildman–Crippen LogP) is 2.40. The van der Waals surface area contributed by atoms with E-state index in [2.05, 4.69) is 17.2 Å². The zero-order valence-electron chi connectivity index (χ0n) is 11.2. The highest BCUT2D eigenvalue weighted by Gasteiger charge is 2.17. The van der Waals surface area contributed by atoms with Crippen LogP contribution in [-0.4, -0.2) is 27.9 Å². The van der Waals surface area contributed by atoms with Gasteiger partial charge in [-0.3, -0.25) is 4.79 Å². The zero-order valence-corrected chi connectivity index (χ0v) is 11.2. The molecule has 2 rings (SSSR count). The molecule has 100 valence electrons. The summed E-state index contributed by atoms with van der Waals surface area (Å²) in [6.07, 6.45) is 9.97. The summed E-state index contributed by atoms with van der Waals surface area (Å²) < 4.78 is 1.97. The number of piperidine rings is 1. The van der Waals surface area contributed by atoms with Gasteiger partial charge in [0.2, 0.25) is 0 Å². The number of imidazole rings is 1. The molecule has 4 nitrogen and oxygen atoms in total. The summed E-state index contributed by atoms with van der Waals surface area (Å²) in [5.41, 5.74) is 0. The fraction of sp³-hybridized carbons (Fsp3) is 0.714. The first-order valence-electron chi connectivity index (χ1n) is 7.09. The molecule has 0 aromatic carbocycles. The van der Waals surface area contributed by atoms with Gasteiger partial charge in [0, 0.05) is 31.4 Å². The van der Waals surface area contributed by atoms with Gasteiger partial charge in [0.05, 0.1) is 0 Å². The van der Waals surface area contributed by atoms with E-state index in [1.165, 1.54) is 19.3 Å². The maximum absolute atomic E-state index is 12.1. The summed E-state index contributed by atoms with van der Waals surface area (Å²) in [7, 11) is 0. The Balaban J connectivity index is 1.84. The van der Waals surface area contributed by atoms with E-state index >= 15 is 0 Å². The van der Waals surface area contributed by atoms with Crippen molar-refractivity contribution >= 4 is 5.78 Å². The molecule has 0 saturated carbocycles. The van der Waals surface area contributed by atoms with Gasteiger partial charge in [-0.25, -0.2) is 4.98 Å². The zero-order chi connectivity index (χ0) is 12.8. The number of nitrogens with zero attached hydrogens (tertiary/aromatic N) is 2. The van der Waals surface area contributed by atoms with E-state index in [0.717, 1.165) is 25.9 Å². The molecule has 18 heavy (non-hydrogen) atoms. The summed E-state index contributed by atoms with van der Waals surface area (Å²) in [5, 5.41) is 3.48. The first-order valence-corrected chi connectivity index (χ1v) is 7.09. The topological polar surface area (TPSA) is 46.9 Å². The lowest BCUT2D eigenvalue weighted by Crippen LogP contribution is -2.34. The Labute approximate surface area is 109 Å². The highest BCUT2D eigenvalue weighted by molar-refractivity contribution is 5.92. The van der Waals surface area contributed by atoms with Gasteiger partial charge in [-0.15, -0.1) is 0 Å². The molecule has 1 aliphatic heterocycles. The van der Waals surface area contributed by atoms with E-state index in [0.29, 0.717) is 18.3 Å². The molecule has 1 N–H and O–H groups in total. The molecule has 1 aromatic heterocycles. The number of Topliss-reactive ketones (excluding diaryl/α,β-unsaturated/α-hetero) is 1. The fourth-order valence-electron chi connectivity index (χ4n) is 2.57. The Kier molecular flexibility index (Phi) is 4.93. The summed E-state index contributed by atoms with van der Waals surface area (Å²) >= 11 is 0. The molecule has 0 amide bonds. The van der Waals surface area contributed by atoms with Gasteiger partial charge < -0.3 is 9.88 Å². The Morgan fingerprint density at radius 3 is 3.17 bits per heavy atom. The standard InChI is InChI=1S/C14H23N3O/c1-2-10-17-11-9-16-14(17)13(18)7-6-12-5-3-4-8-15-12/h9,11-12,15H,2-8,10H2,1H3. The highest BCUT2D eigenvalue weighted by atomic mass is 16.1.